The van der Waals surface area contributed by atoms with E-state index in [1.807, 2.05) is 0 Å². The second kappa shape index (κ2) is 4.34. The van der Waals surface area contributed by atoms with Crippen molar-refractivity contribution < 1.29 is 13.5 Å². The van der Waals surface area contributed by atoms with Gasteiger partial charge in [-0.3, -0.25) is 0 Å². The van der Waals surface area contributed by atoms with Crippen molar-refractivity contribution >= 4 is 15.5 Å². The molecule has 18 heavy (non-hydrogen) atoms. The van der Waals surface area contributed by atoms with E-state index in [2.05, 4.69) is 0 Å². The summed E-state index contributed by atoms with van der Waals surface area (Å²) in [7, 11) is -3.74. The Morgan fingerprint density at radius 3 is 2.39 bits per heavy atom. The molecule has 0 bridgehead atoms. The Hall–Kier alpha value is -2.01. The molecule has 0 aliphatic heterocycles. The number of hydrogen-bond donors (Lipinski definition) is 2. The van der Waals surface area contributed by atoms with Gasteiger partial charge in [-0.1, -0.05) is 18.2 Å². The molecule has 2 aromatic carbocycles. The summed E-state index contributed by atoms with van der Waals surface area (Å²) in [5.41, 5.74) is 6.93. The van der Waals surface area contributed by atoms with Crippen LogP contribution in [0, 0.1) is 6.92 Å². The summed E-state index contributed by atoms with van der Waals surface area (Å²) in [6.07, 6.45) is 0. The lowest BCUT2D eigenvalue weighted by Crippen LogP contribution is -2.03. The average Bonchev–Trinajstić information content (AvgIpc) is 2.33. The van der Waals surface area contributed by atoms with Crippen LogP contribution >= 0.6 is 0 Å². The van der Waals surface area contributed by atoms with E-state index in [0.717, 1.165) is 5.56 Å². The molecule has 2 aromatic rings. The van der Waals surface area contributed by atoms with Gasteiger partial charge >= 0.3 is 0 Å². The molecule has 0 unspecified atom stereocenters. The van der Waals surface area contributed by atoms with Crippen molar-refractivity contribution in [1.29, 1.82) is 0 Å². The number of phenolic OH excluding ortho intramolecular Hbond substituents is 1. The minimum atomic E-state index is -3.74. The molecule has 0 heterocycles. The van der Waals surface area contributed by atoms with Gasteiger partial charge < -0.3 is 10.8 Å². The Morgan fingerprint density at radius 1 is 1.11 bits per heavy atom. The molecule has 4 nitrogen and oxygen atoms in total. The van der Waals surface area contributed by atoms with Gasteiger partial charge in [0.1, 0.15) is 10.6 Å². The lowest BCUT2D eigenvalue weighted by molar-refractivity contribution is 0.459. The molecule has 0 amide bonds. The number of phenols is 1. The molecule has 0 saturated heterocycles. The first-order valence-electron chi connectivity index (χ1n) is 5.32. The van der Waals surface area contributed by atoms with Crippen molar-refractivity contribution in [1.82, 2.24) is 0 Å². The lowest BCUT2D eigenvalue weighted by atomic mass is 10.2. The van der Waals surface area contributed by atoms with Crippen LogP contribution < -0.4 is 5.73 Å². The third-order valence-electron chi connectivity index (χ3n) is 2.72. The van der Waals surface area contributed by atoms with Gasteiger partial charge in [-0.2, -0.15) is 0 Å². The van der Waals surface area contributed by atoms with Crippen LogP contribution in [-0.4, -0.2) is 13.5 Å². The van der Waals surface area contributed by atoms with E-state index in [4.69, 9.17) is 5.73 Å². The van der Waals surface area contributed by atoms with Gasteiger partial charge in [0.15, 0.2) is 0 Å². The third-order valence-corrected chi connectivity index (χ3v) is 4.51. The Balaban J connectivity index is 2.62. The Bertz CT molecular complexity index is 693. The number of nitrogens with two attached hydrogens (primary N) is 1. The number of rotatable bonds is 2. The molecule has 0 atom stereocenters. The number of nitrogen functional groups attached to an aromatic ring is 1. The third kappa shape index (κ3) is 2.04. The molecule has 0 aromatic heterocycles. The standard InChI is InChI=1S/C13H13NO3S/c1-9-6-7-10(8-11(9)14)18(16,17)13-5-3-2-4-12(13)15/h2-8,15H,14H2,1H3. The van der Waals surface area contributed by atoms with Crippen LogP contribution in [0.4, 0.5) is 5.69 Å². The predicted molar refractivity (Wildman–Crippen MR) is 69.2 cm³/mol. The van der Waals surface area contributed by atoms with Crippen molar-refractivity contribution in [3.8, 4) is 5.75 Å². The van der Waals surface area contributed by atoms with E-state index in [1.165, 1.54) is 24.3 Å². The maximum absolute atomic E-state index is 12.3. The van der Waals surface area contributed by atoms with Crippen LogP contribution in [0.25, 0.3) is 0 Å². The summed E-state index contributed by atoms with van der Waals surface area (Å²) in [6, 6.07) is 10.3. The van der Waals surface area contributed by atoms with Crippen LogP contribution in [-0.2, 0) is 9.84 Å². The van der Waals surface area contributed by atoms with Crippen molar-refractivity contribution in [3.63, 3.8) is 0 Å². The fourth-order valence-electron chi connectivity index (χ4n) is 1.60. The van der Waals surface area contributed by atoms with Gasteiger partial charge in [0.05, 0.1) is 4.90 Å². The highest BCUT2D eigenvalue weighted by Crippen LogP contribution is 2.29. The van der Waals surface area contributed by atoms with E-state index in [9.17, 15) is 13.5 Å². The van der Waals surface area contributed by atoms with E-state index >= 15 is 0 Å². The quantitative estimate of drug-likeness (QED) is 0.813. The number of hydrogen-bond acceptors (Lipinski definition) is 4. The maximum atomic E-state index is 12.3. The van der Waals surface area contributed by atoms with Gasteiger partial charge in [0.25, 0.3) is 0 Å². The molecule has 5 heteroatoms. The highest BCUT2D eigenvalue weighted by Gasteiger charge is 2.21. The molecule has 2 rings (SSSR count). The minimum Gasteiger partial charge on any atom is -0.507 e. The fraction of sp³-hybridized carbons (Fsp3) is 0.0769. The zero-order chi connectivity index (χ0) is 13.3. The molecule has 0 fully saturated rings. The molecular formula is C13H13NO3S. The summed E-state index contributed by atoms with van der Waals surface area (Å²) in [5, 5.41) is 9.62. The Morgan fingerprint density at radius 2 is 1.78 bits per heavy atom. The lowest BCUT2D eigenvalue weighted by Gasteiger charge is -2.08. The molecule has 94 valence electrons. The SMILES string of the molecule is Cc1ccc(S(=O)(=O)c2ccccc2O)cc1N. The Kier molecular flexibility index (Phi) is 3.00. The first kappa shape index (κ1) is 12.4. The van der Waals surface area contributed by atoms with Crippen LogP contribution in [0.5, 0.6) is 5.75 Å². The van der Waals surface area contributed by atoms with E-state index < -0.39 is 9.84 Å². The van der Waals surface area contributed by atoms with Gasteiger partial charge in [-0.05, 0) is 36.8 Å². The molecule has 0 aliphatic carbocycles. The summed E-state index contributed by atoms with van der Waals surface area (Å²) in [6.45, 7) is 1.80. The van der Waals surface area contributed by atoms with Crippen LogP contribution in [0.1, 0.15) is 5.56 Å². The summed E-state index contributed by atoms with van der Waals surface area (Å²) in [5.74, 6) is -0.267. The van der Waals surface area contributed by atoms with Crippen LogP contribution in [0.15, 0.2) is 52.3 Å². The average molecular weight is 263 g/mol. The Labute approximate surface area is 106 Å². The van der Waals surface area contributed by atoms with Crippen molar-refractivity contribution in [2.75, 3.05) is 5.73 Å². The topological polar surface area (TPSA) is 80.4 Å². The first-order valence-corrected chi connectivity index (χ1v) is 6.80. The van der Waals surface area contributed by atoms with Crippen LogP contribution in [0.3, 0.4) is 0 Å². The second-order valence-corrected chi connectivity index (χ2v) is 5.91. The number of para-hydroxylation sites is 1. The molecule has 0 saturated carbocycles. The van der Waals surface area contributed by atoms with Gasteiger partial charge in [0, 0.05) is 5.69 Å². The molecule has 0 aliphatic rings. The summed E-state index contributed by atoms with van der Waals surface area (Å²) in [4.78, 5) is -0.0413. The monoisotopic (exact) mass is 263 g/mol. The second-order valence-electron chi connectivity index (χ2n) is 3.99. The van der Waals surface area contributed by atoms with Gasteiger partial charge in [-0.25, -0.2) is 8.42 Å². The van der Waals surface area contributed by atoms with Crippen LogP contribution in [0.2, 0.25) is 0 Å². The highest BCUT2D eigenvalue weighted by molar-refractivity contribution is 7.91. The fourth-order valence-corrected chi connectivity index (χ4v) is 2.98. The molecule has 0 spiro atoms. The van der Waals surface area contributed by atoms with Crippen molar-refractivity contribution in [2.45, 2.75) is 16.7 Å². The van der Waals surface area contributed by atoms with E-state index in [-0.39, 0.29) is 15.5 Å². The predicted octanol–water partition coefficient (Wildman–Crippen LogP) is 2.12. The minimum absolute atomic E-state index is 0.0760. The number of anilines is 1. The van der Waals surface area contributed by atoms with Gasteiger partial charge in [0.2, 0.25) is 9.84 Å². The van der Waals surface area contributed by atoms with E-state index in [1.54, 1.807) is 25.1 Å². The maximum Gasteiger partial charge on any atom is 0.210 e. The van der Waals surface area contributed by atoms with E-state index in [0.29, 0.717) is 5.69 Å². The number of benzene rings is 2. The zero-order valence-electron chi connectivity index (χ0n) is 9.79. The number of aromatic hydroxyl groups is 1. The van der Waals surface area contributed by atoms with Crippen molar-refractivity contribution in [3.05, 3.63) is 48.0 Å². The highest BCUT2D eigenvalue weighted by atomic mass is 32.2. The molecular weight excluding hydrogens is 250 g/mol. The smallest absolute Gasteiger partial charge is 0.210 e. The molecule has 3 N–H and O–H groups in total. The summed E-state index contributed by atoms with van der Waals surface area (Å²) >= 11 is 0. The summed E-state index contributed by atoms with van der Waals surface area (Å²) < 4.78 is 24.6. The zero-order valence-corrected chi connectivity index (χ0v) is 10.6. The first-order chi connectivity index (χ1) is 8.43. The normalized spacial score (nSPS) is 11.4. The largest absolute Gasteiger partial charge is 0.507 e. The van der Waals surface area contributed by atoms with Crippen molar-refractivity contribution in [2.24, 2.45) is 0 Å². The molecule has 0 radical (unpaired) electrons. The van der Waals surface area contributed by atoms with Gasteiger partial charge in [-0.15, -0.1) is 0 Å². The number of aryl methyl sites for hydroxylation is 1. The number of sulfone groups is 1.